The Bertz CT molecular complexity index is 550. The van der Waals surface area contributed by atoms with E-state index in [9.17, 15) is 0 Å². The maximum atomic E-state index is 5.07. The van der Waals surface area contributed by atoms with E-state index in [1.807, 2.05) is 0 Å². The molecule has 0 aliphatic carbocycles. The van der Waals surface area contributed by atoms with Crippen molar-refractivity contribution in [2.24, 2.45) is 0 Å². The number of ether oxygens (including phenoxy) is 1. The van der Waals surface area contributed by atoms with E-state index in [0.29, 0.717) is 23.0 Å². The molecule has 6 heteroatoms. The van der Waals surface area contributed by atoms with Crippen LogP contribution in [0.5, 0.6) is 6.01 Å². The van der Waals surface area contributed by atoms with Gasteiger partial charge in [-0.3, -0.25) is 0 Å². The van der Waals surface area contributed by atoms with Crippen LogP contribution in [0.2, 0.25) is 0 Å². The predicted molar refractivity (Wildman–Crippen MR) is 80.6 cm³/mol. The molecule has 0 bridgehead atoms. The number of benzene rings is 1. The summed E-state index contributed by atoms with van der Waals surface area (Å²) in [7, 11) is 3.31. The fourth-order valence-corrected chi connectivity index (χ4v) is 2.35. The van der Waals surface area contributed by atoms with Crippen LogP contribution in [0.25, 0.3) is 0 Å². The average molecular weight is 290 g/mol. The monoisotopic (exact) mass is 290 g/mol. The molecule has 5 nitrogen and oxygen atoms in total. The van der Waals surface area contributed by atoms with Crippen molar-refractivity contribution in [2.45, 2.75) is 29.8 Å². The quantitative estimate of drug-likeness (QED) is 0.912. The normalized spacial score (nSPS) is 10.7. The fourth-order valence-electron chi connectivity index (χ4n) is 1.61. The van der Waals surface area contributed by atoms with E-state index in [1.54, 1.807) is 14.2 Å². The molecule has 20 heavy (non-hydrogen) atoms. The molecular weight excluding hydrogens is 272 g/mol. The van der Waals surface area contributed by atoms with Gasteiger partial charge in [-0.2, -0.15) is 15.0 Å². The van der Waals surface area contributed by atoms with E-state index < -0.39 is 0 Å². The number of nitrogens with one attached hydrogen (secondary N) is 1. The zero-order valence-corrected chi connectivity index (χ0v) is 12.9. The lowest BCUT2D eigenvalue weighted by atomic mass is 10.0. The zero-order chi connectivity index (χ0) is 14.5. The van der Waals surface area contributed by atoms with Gasteiger partial charge in [-0.15, -0.1) is 0 Å². The largest absolute Gasteiger partial charge is 0.467 e. The molecule has 0 fully saturated rings. The second-order valence-electron chi connectivity index (χ2n) is 4.50. The van der Waals surface area contributed by atoms with E-state index in [0.717, 1.165) is 4.90 Å². The molecule has 0 saturated heterocycles. The third kappa shape index (κ3) is 3.60. The summed E-state index contributed by atoms with van der Waals surface area (Å²) in [5.74, 6) is 1.03. The summed E-state index contributed by atoms with van der Waals surface area (Å²) in [5.41, 5.74) is 1.32. The van der Waals surface area contributed by atoms with Crippen LogP contribution in [-0.4, -0.2) is 29.1 Å². The summed E-state index contributed by atoms with van der Waals surface area (Å²) >= 11 is 1.48. The number of rotatable bonds is 5. The fraction of sp³-hybridized carbons (Fsp3) is 0.357. The van der Waals surface area contributed by atoms with Gasteiger partial charge in [0.1, 0.15) is 0 Å². The number of nitrogens with zero attached hydrogens (tertiary/aromatic N) is 3. The Morgan fingerprint density at radius 2 is 1.80 bits per heavy atom. The van der Waals surface area contributed by atoms with Gasteiger partial charge in [0.15, 0.2) is 0 Å². The van der Waals surface area contributed by atoms with E-state index in [2.05, 4.69) is 58.4 Å². The van der Waals surface area contributed by atoms with Crippen LogP contribution < -0.4 is 10.1 Å². The predicted octanol–water partition coefficient (Wildman–Crippen LogP) is 3.20. The molecule has 2 rings (SSSR count). The second kappa shape index (κ2) is 6.56. The van der Waals surface area contributed by atoms with Crippen LogP contribution in [0.3, 0.4) is 0 Å². The Morgan fingerprint density at radius 1 is 1.10 bits per heavy atom. The number of methoxy groups -OCH3 is 1. The lowest BCUT2D eigenvalue weighted by molar-refractivity contribution is 0.374. The van der Waals surface area contributed by atoms with Gasteiger partial charge < -0.3 is 10.1 Å². The van der Waals surface area contributed by atoms with Crippen molar-refractivity contribution in [1.29, 1.82) is 0 Å². The lowest BCUT2D eigenvalue weighted by Crippen LogP contribution is -2.02. The zero-order valence-electron chi connectivity index (χ0n) is 12.0. The van der Waals surface area contributed by atoms with Crippen LogP contribution in [-0.2, 0) is 0 Å². The Hall–Kier alpha value is -1.82. The molecule has 0 saturated carbocycles. The van der Waals surface area contributed by atoms with E-state index in [1.165, 1.54) is 17.3 Å². The van der Waals surface area contributed by atoms with E-state index in [4.69, 9.17) is 4.74 Å². The molecule has 0 amide bonds. The molecule has 0 aliphatic rings. The molecule has 0 radical (unpaired) electrons. The molecule has 106 valence electrons. The highest BCUT2D eigenvalue weighted by molar-refractivity contribution is 7.99. The molecular formula is C14H18N4OS. The summed E-state index contributed by atoms with van der Waals surface area (Å²) < 4.78 is 5.07. The molecule has 0 atom stereocenters. The third-order valence-electron chi connectivity index (χ3n) is 2.76. The second-order valence-corrected chi connectivity index (χ2v) is 5.54. The van der Waals surface area contributed by atoms with Crippen molar-refractivity contribution >= 4 is 17.7 Å². The average Bonchev–Trinajstić information content (AvgIpc) is 2.47. The number of aromatic nitrogens is 3. The Balaban J connectivity index is 2.20. The summed E-state index contributed by atoms with van der Waals surface area (Å²) in [6, 6.07) is 8.73. The molecule has 1 aromatic heterocycles. The lowest BCUT2D eigenvalue weighted by Gasteiger charge is -2.07. The molecule has 1 heterocycles. The first kappa shape index (κ1) is 14.6. The van der Waals surface area contributed by atoms with Crippen molar-refractivity contribution in [3.63, 3.8) is 0 Å². The van der Waals surface area contributed by atoms with Gasteiger partial charge in [0, 0.05) is 11.9 Å². The third-order valence-corrected chi connectivity index (χ3v) is 3.63. The number of hydrogen-bond donors (Lipinski definition) is 1. The van der Waals surface area contributed by atoms with Crippen LogP contribution in [0.1, 0.15) is 25.3 Å². The topological polar surface area (TPSA) is 59.9 Å². The van der Waals surface area contributed by atoms with Gasteiger partial charge in [0.05, 0.1) is 7.11 Å². The van der Waals surface area contributed by atoms with Crippen LogP contribution in [0.15, 0.2) is 34.3 Å². The van der Waals surface area contributed by atoms with Crippen LogP contribution >= 0.6 is 11.8 Å². The first-order chi connectivity index (χ1) is 9.62. The smallest absolute Gasteiger partial charge is 0.321 e. The van der Waals surface area contributed by atoms with Crippen molar-refractivity contribution in [3.8, 4) is 6.01 Å². The number of anilines is 1. The summed E-state index contributed by atoms with van der Waals surface area (Å²) in [6.45, 7) is 4.36. The maximum absolute atomic E-state index is 5.07. The summed E-state index contributed by atoms with van der Waals surface area (Å²) in [4.78, 5) is 13.7. The van der Waals surface area contributed by atoms with Gasteiger partial charge in [-0.1, -0.05) is 26.0 Å². The van der Waals surface area contributed by atoms with Crippen molar-refractivity contribution in [3.05, 3.63) is 29.8 Å². The number of hydrogen-bond acceptors (Lipinski definition) is 6. The van der Waals surface area contributed by atoms with Crippen molar-refractivity contribution in [1.82, 2.24) is 15.0 Å². The highest BCUT2D eigenvalue weighted by Gasteiger charge is 2.08. The molecule has 1 aromatic carbocycles. The molecule has 0 unspecified atom stereocenters. The minimum absolute atomic E-state index is 0.311. The standard InChI is InChI=1S/C14H18N4OS/c1-9(2)10-5-7-11(8-6-10)20-14-17-12(15-3)16-13(18-14)19-4/h5-9H,1-4H3,(H,15,16,17,18). The van der Waals surface area contributed by atoms with Crippen LogP contribution in [0, 0.1) is 0 Å². The first-order valence-corrected chi connectivity index (χ1v) is 7.19. The molecule has 1 N–H and O–H groups in total. The van der Waals surface area contributed by atoms with Crippen LogP contribution in [0.4, 0.5) is 5.95 Å². The first-order valence-electron chi connectivity index (χ1n) is 6.38. The highest BCUT2D eigenvalue weighted by atomic mass is 32.2. The van der Waals surface area contributed by atoms with Gasteiger partial charge in [0.2, 0.25) is 11.1 Å². The minimum atomic E-state index is 0.311. The highest BCUT2D eigenvalue weighted by Crippen LogP contribution is 2.27. The Morgan fingerprint density at radius 3 is 2.35 bits per heavy atom. The molecule has 0 spiro atoms. The van der Waals surface area contributed by atoms with E-state index >= 15 is 0 Å². The van der Waals surface area contributed by atoms with Gasteiger partial charge in [-0.25, -0.2) is 0 Å². The summed E-state index contributed by atoms with van der Waals surface area (Å²) in [6.07, 6.45) is 0. The minimum Gasteiger partial charge on any atom is -0.467 e. The Kier molecular flexibility index (Phi) is 4.79. The van der Waals surface area contributed by atoms with E-state index in [-0.39, 0.29) is 0 Å². The van der Waals surface area contributed by atoms with Gasteiger partial charge in [0.25, 0.3) is 0 Å². The maximum Gasteiger partial charge on any atom is 0.321 e. The van der Waals surface area contributed by atoms with Gasteiger partial charge >= 0.3 is 6.01 Å². The summed E-state index contributed by atoms with van der Waals surface area (Å²) in [5, 5.41) is 3.51. The molecule has 2 aromatic rings. The van der Waals surface area contributed by atoms with Gasteiger partial charge in [-0.05, 0) is 35.4 Å². The molecule has 0 aliphatic heterocycles. The Labute approximate surface area is 123 Å². The van der Waals surface area contributed by atoms with Crippen molar-refractivity contribution < 1.29 is 4.74 Å². The van der Waals surface area contributed by atoms with Crippen molar-refractivity contribution in [2.75, 3.05) is 19.5 Å². The SMILES string of the molecule is CNc1nc(OC)nc(Sc2ccc(C(C)C)cc2)n1.